The van der Waals surface area contributed by atoms with Crippen molar-refractivity contribution in [2.24, 2.45) is 0 Å². The summed E-state index contributed by atoms with van der Waals surface area (Å²) in [5.74, 6) is 0.936. The fraction of sp³-hybridized carbons (Fsp3) is 0.200. The molecule has 6 rings (SSSR count). The minimum atomic E-state index is -0.234. The molecule has 0 bridgehead atoms. The zero-order valence-electron chi connectivity index (χ0n) is 17.0. The maximum absolute atomic E-state index is 6.28. The Morgan fingerprint density at radius 2 is 1.59 bits per heavy atom. The molecule has 0 saturated carbocycles. The molecule has 4 heteroatoms. The number of fused-ring (bicyclic) bond motifs is 6. The van der Waals surface area contributed by atoms with Crippen molar-refractivity contribution in [2.75, 3.05) is 16.8 Å². The molecule has 29 heavy (non-hydrogen) atoms. The second-order valence-electron chi connectivity index (χ2n) is 8.37. The SMILES string of the molecule is Cc1cc2sc3ccccc3c2cc1N1c2c(oc3ccccc23)N(C)C1(C)C. The van der Waals surface area contributed by atoms with Crippen LogP contribution in [0, 0.1) is 6.92 Å². The second kappa shape index (κ2) is 5.55. The number of thiophene rings is 1. The Morgan fingerprint density at radius 1 is 0.862 bits per heavy atom. The van der Waals surface area contributed by atoms with E-state index in [1.165, 1.54) is 31.4 Å². The third-order valence-electron chi connectivity index (χ3n) is 6.38. The fourth-order valence-electron chi connectivity index (χ4n) is 4.65. The lowest BCUT2D eigenvalue weighted by Crippen LogP contribution is -2.49. The van der Waals surface area contributed by atoms with Gasteiger partial charge in [-0.15, -0.1) is 11.3 Å². The van der Waals surface area contributed by atoms with Crippen molar-refractivity contribution < 1.29 is 4.42 Å². The van der Waals surface area contributed by atoms with E-state index in [0.29, 0.717) is 0 Å². The Labute approximate surface area is 173 Å². The molecule has 1 aliphatic rings. The lowest BCUT2D eigenvalue weighted by Gasteiger charge is -2.39. The van der Waals surface area contributed by atoms with E-state index in [9.17, 15) is 0 Å². The molecule has 3 aromatic carbocycles. The summed E-state index contributed by atoms with van der Waals surface area (Å²) in [6.45, 7) is 6.73. The summed E-state index contributed by atoms with van der Waals surface area (Å²) < 4.78 is 8.96. The average molecular weight is 399 g/mol. The smallest absolute Gasteiger partial charge is 0.222 e. The van der Waals surface area contributed by atoms with Gasteiger partial charge >= 0.3 is 0 Å². The van der Waals surface area contributed by atoms with Gasteiger partial charge in [0.1, 0.15) is 16.9 Å². The molecular formula is C25H22N2OS. The van der Waals surface area contributed by atoms with Gasteiger partial charge in [-0.2, -0.15) is 0 Å². The van der Waals surface area contributed by atoms with E-state index < -0.39 is 0 Å². The first kappa shape index (κ1) is 16.9. The van der Waals surface area contributed by atoms with Crippen molar-refractivity contribution >= 4 is 59.7 Å². The van der Waals surface area contributed by atoms with Gasteiger partial charge in [-0.05, 0) is 56.7 Å². The first-order chi connectivity index (χ1) is 14.0. The van der Waals surface area contributed by atoms with Gasteiger partial charge in [0.15, 0.2) is 0 Å². The second-order valence-corrected chi connectivity index (χ2v) is 9.46. The van der Waals surface area contributed by atoms with E-state index in [1.807, 2.05) is 17.4 Å². The molecule has 0 atom stereocenters. The largest absolute Gasteiger partial charge is 0.438 e. The zero-order chi connectivity index (χ0) is 19.9. The van der Waals surface area contributed by atoms with E-state index in [0.717, 1.165) is 22.5 Å². The van der Waals surface area contributed by atoms with Gasteiger partial charge in [0, 0.05) is 38.3 Å². The zero-order valence-corrected chi connectivity index (χ0v) is 17.8. The van der Waals surface area contributed by atoms with Crippen LogP contribution in [0.2, 0.25) is 0 Å². The topological polar surface area (TPSA) is 19.6 Å². The quantitative estimate of drug-likeness (QED) is 0.293. The van der Waals surface area contributed by atoms with Crippen LogP contribution in [0.25, 0.3) is 31.1 Å². The van der Waals surface area contributed by atoms with Crippen molar-refractivity contribution in [3.63, 3.8) is 0 Å². The molecule has 2 aromatic heterocycles. The normalized spacial score (nSPS) is 15.7. The van der Waals surface area contributed by atoms with Gasteiger partial charge in [-0.1, -0.05) is 30.3 Å². The molecule has 0 saturated heterocycles. The molecule has 0 amide bonds. The molecule has 0 aliphatic carbocycles. The predicted octanol–water partition coefficient (Wildman–Crippen LogP) is 7.43. The molecule has 3 heterocycles. The highest BCUT2D eigenvalue weighted by molar-refractivity contribution is 7.25. The lowest BCUT2D eigenvalue weighted by molar-refractivity contribution is 0.489. The summed E-state index contributed by atoms with van der Waals surface area (Å²) in [6, 6.07) is 21.7. The molecule has 0 N–H and O–H groups in total. The van der Waals surface area contributed by atoms with Crippen LogP contribution < -0.4 is 9.80 Å². The molecule has 3 nitrogen and oxygen atoms in total. The molecule has 0 spiro atoms. The van der Waals surface area contributed by atoms with E-state index in [2.05, 4.69) is 92.2 Å². The monoisotopic (exact) mass is 398 g/mol. The highest BCUT2D eigenvalue weighted by Crippen LogP contribution is 2.54. The highest BCUT2D eigenvalue weighted by atomic mass is 32.1. The molecule has 1 aliphatic heterocycles. The van der Waals surface area contributed by atoms with Crippen molar-refractivity contribution in [1.82, 2.24) is 0 Å². The Morgan fingerprint density at radius 3 is 2.41 bits per heavy atom. The standard InChI is InChI=1S/C25H22N2OS/c1-15-13-22-18(16-9-6-8-12-21(16)29-22)14-19(15)27-23-17-10-5-7-11-20(17)28-24(23)26(4)25(27,2)3/h5-14H,1-4H3. The molecule has 0 fully saturated rings. The number of benzene rings is 3. The van der Waals surface area contributed by atoms with Crippen molar-refractivity contribution in [1.29, 1.82) is 0 Å². The highest BCUT2D eigenvalue weighted by Gasteiger charge is 2.45. The number of aryl methyl sites for hydroxylation is 1. The molecule has 5 aromatic rings. The van der Waals surface area contributed by atoms with Crippen LogP contribution in [0.4, 0.5) is 17.3 Å². The van der Waals surface area contributed by atoms with Crippen LogP contribution in [0.1, 0.15) is 19.4 Å². The Kier molecular flexibility index (Phi) is 3.24. The van der Waals surface area contributed by atoms with Crippen LogP contribution in [0.3, 0.4) is 0 Å². The fourth-order valence-corrected chi connectivity index (χ4v) is 5.84. The van der Waals surface area contributed by atoms with Crippen LogP contribution in [-0.4, -0.2) is 12.7 Å². The molecular weight excluding hydrogens is 376 g/mol. The summed E-state index contributed by atoms with van der Waals surface area (Å²) in [6.07, 6.45) is 0. The third kappa shape index (κ3) is 2.12. The van der Waals surface area contributed by atoms with Gasteiger partial charge in [-0.25, -0.2) is 0 Å². The minimum Gasteiger partial charge on any atom is -0.438 e. The first-order valence-corrected chi connectivity index (χ1v) is 10.8. The number of anilines is 3. The van der Waals surface area contributed by atoms with Gasteiger partial charge in [0.2, 0.25) is 5.88 Å². The van der Waals surface area contributed by atoms with Gasteiger partial charge in [0.25, 0.3) is 0 Å². The maximum Gasteiger partial charge on any atom is 0.222 e. The summed E-state index contributed by atoms with van der Waals surface area (Å²) in [4.78, 5) is 4.70. The van der Waals surface area contributed by atoms with E-state index >= 15 is 0 Å². The lowest BCUT2D eigenvalue weighted by atomic mass is 10.0. The number of para-hydroxylation sites is 1. The molecule has 144 valence electrons. The number of hydrogen-bond acceptors (Lipinski definition) is 4. The van der Waals surface area contributed by atoms with Gasteiger partial charge < -0.3 is 14.2 Å². The Balaban J connectivity index is 1.68. The van der Waals surface area contributed by atoms with E-state index in [1.54, 1.807) is 0 Å². The summed E-state index contributed by atoms with van der Waals surface area (Å²) >= 11 is 1.87. The number of hydrogen-bond donors (Lipinski definition) is 0. The van der Waals surface area contributed by atoms with Gasteiger partial charge in [0.05, 0.1) is 0 Å². The van der Waals surface area contributed by atoms with E-state index in [4.69, 9.17) is 4.42 Å². The summed E-state index contributed by atoms with van der Waals surface area (Å²) in [5.41, 5.74) is 4.38. The van der Waals surface area contributed by atoms with Crippen molar-refractivity contribution in [3.05, 3.63) is 66.2 Å². The Hall–Kier alpha value is -2.98. The van der Waals surface area contributed by atoms with Crippen molar-refractivity contribution in [2.45, 2.75) is 26.4 Å². The average Bonchev–Trinajstić information content (AvgIpc) is 3.31. The number of nitrogens with zero attached hydrogens (tertiary/aromatic N) is 2. The molecule has 0 unspecified atom stereocenters. The van der Waals surface area contributed by atoms with E-state index in [-0.39, 0.29) is 5.66 Å². The summed E-state index contributed by atoms with van der Waals surface area (Å²) in [5, 5.41) is 3.82. The third-order valence-corrected chi connectivity index (χ3v) is 7.52. The van der Waals surface area contributed by atoms with Crippen LogP contribution in [0.5, 0.6) is 0 Å². The Bertz CT molecular complexity index is 1430. The van der Waals surface area contributed by atoms with Crippen LogP contribution in [0.15, 0.2) is 65.1 Å². The number of furan rings is 1. The number of rotatable bonds is 1. The minimum absolute atomic E-state index is 0.234. The van der Waals surface area contributed by atoms with Crippen molar-refractivity contribution in [3.8, 4) is 0 Å². The predicted molar refractivity (Wildman–Crippen MR) is 125 cm³/mol. The van der Waals surface area contributed by atoms with Gasteiger partial charge in [-0.3, -0.25) is 0 Å². The molecule has 0 radical (unpaired) electrons. The van der Waals surface area contributed by atoms with Crippen LogP contribution >= 0.6 is 11.3 Å². The van der Waals surface area contributed by atoms with Crippen LogP contribution in [-0.2, 0) is 0 Å². The maximum atomic E-state index is 6.28. The first-order valence-electron chi connectivity index (χ1n) is 9.94. The summed E-state index contributed by atoms with van der Waals surface area (Å²) in [7, 11) is 2.12.